The van der Waals surface area contributed by atoms with E-state index < -0.39 is 0 Å². The van der Waals surface area contributed by atoms with Crippen molar-refractivity contribution in [2.24, 2.45) is 0 Å². The van der Waals surface area contributed by atoms with E-state index in [-0.39, 0.29) is 37.3 Å². The highest BCUT2D eigenvalue weighted by molar-refractivity contribution is 14.0. The fourth-order valence-corrected chi connectivity index (χ4v) is 2.63. The van der Waals surface area contributed by atoms with Gasteiger partial charge in [-0.2, -0.15) is 0 Å². The molecule has 128 valence electrons. The molecule has 24 heavy (non-hydrogen) atoms. The molecule has 0 spiro atoms. The Hall–Kier alpha value is -2.03. The summed E-state index contributed by atoms with van der Waals surface area (Å²) in [4.78, 5) is 18.9. The number of aryl methyl sites for hydroxylation is 1. The number of hydrogen-bond acceptors (Lipinski definition) is 3. The number of fused-ring (bicyclic) bond motifs is 1. The van der Waals surface area contributed by atoms with Crippen molar-refractivity contribution < 1.29 is 10.6 Å². The number of anilines is 1. The van der Waals surface area contributed by atoms with Crippen LogP contribution in [0.4, 0.5) is 10.2 Å². The molecule has 0 aliphatic carbocycles. The first-order chi connectivity index (χ1) is 11.0. The smallest absolute Gasteiger partial charge is 0.212 e. The molecule has 0 aliphatic heterocycles. The van der Waals surface area contributed by atoms with E-state index in [9.17, 15) is 9.18 Å². The summed E-state index contributed by atoms with van der Waals surface area (Å²) < 4.78 is 16.4. The molecule has 2 heterocycles. The van der Waals surface area contributed by atoms with E-state index in [1.54, 1.807) is 18.6 Å². The van der Waals surface area contributed by atoms with Crippen LogP contribution < -0.4 is 5.32 Å². The summed E-state index contributed by atoms with van der Waals surface area (Å²) in [5.74, 6) is 0.0662. The van der Waals surface area contributed by atoms with Crippen molar-refractivity contribution in [1.82, 2.24) is 14.5 Å². The van der Waals surface area contributed by atoms with E-state index in [4.69, 9.17) is 0 Å². The first-order valence-corrected chi connectivity index (χ1v) is 7.34. The first kappa shape index (κ1) is 18.3. The van der Waals surface area contributed by atoms with Gasteiger partial charge >= 0.3 is 0 Å². The summed E-state index contributed by atoms with van der Waals surface area (Å²) in [6.07, 6.45) is 3.88. The molecule has 3 aromatic rings. The van der Waals surface area contributed by atoms with Gasteiger partial charge in [-0.1, -0.05) is 0 Å². The van der Waals surface area contributed by atoms with Crippen LogP contribution in [0, 0.1) is 12.7 Å². The van der Waals surface area contributed by atoms with E-state index in [1.165, 1.54) is 6.07 Å². The van der Waals surface area contributed by atoms with Crippen molar-refractivity contribution in [2.75, 3.05) is 5.32 Å². The van der Waals surface area contributed by atoms with Gasteiger partial charge in [-0.05, 0) is 55.7 Å². The number of halogens is 2. The van der Waals surface area contributed by atoms with E-state index in [0.717, 1.165) is 22.2 Å². The third-order valence-electron chi connectivity index (χ3n) is 3.81. The number of pyridine rings is 1. The molecule has 2 aromatic heterocycles. The number of carbonyl (C=O) groups is 1. The molecule has 1 amide bonds. The zero-order valence-electron chi connectivity index (χ0n) is 13.6. The van der Waals surface area contributed by atoms with Crippen LogP contribution >= 0.6 is 24.0 Å². The van der Waals surface area contributed by atoms with Gasteiger partial charge in [0.2, 0.25) is 6.41 Å². The maximum atomic E-state index is 14.4. The number of carbonyl (C=O) groups excluding carboxylic acids is 1. The normalized spacial score (nSPS) is 10.7. The molecule has 0 bridgehead atoms. The highest BCUT2D eigenvalue weighted by atomic mass is 127. The minimum Gasteiger partial charge on any atom is -0.328 e. The third kappa shape index (κ3) is 3.26. The third-order valence-corrected chi connectivity index (χ3v) is 3.81. The number of rotatable bonds is 4. The minimum atomic E-state index is -0.363. The molecular weight excluding hydrogens is 422 g/mol. The van der Waals surface area contributed by atoms with E-state index in [0.29, 0.717) is 17.7 Å². The molecule has 0 saturated heterocycles. The molecule has 0 unspecified atom stereocenters. The Balaban J connectivity index is 0.00000156. The van der Waals surface area contributed by atoms with Gasteiger partial charge in [0, 0.05) is 13.7 Å². The Morgan fingerprint density at radius 1 is 1.29 bits per heavy atom. The van der Waals surface area contributed by atoms with Gasteiger partial charge in [-0.25, -0.2) is 14.4 Å². The monoisotopic (exact) mass is 442 g/mol. The predicted molar refractivity (Wildman–Crippen MR) is 105 cm³/mol. The fourth-order valence-electron chi connectivity index (χ4n) is 2.63. The SMILES string of the molecule is Cc1cnc(NC=O)cc1-c1cc(F)c2ncn(C(C)C)c2c1.I.[HH]. The minimum absolute atomic E-state index is 0. The van der Waals surface area contributed by atoms with Gasteiger partial charge in [-0.3, -0.25) is 4.79 Å². The lowest BCUT2D eigenvalue weighted by Gasteiger charge is -2.11. The van der Waals surface area contributed by atoms with Crippen molar-refractivity contribution in [3.8, 4) is 11.1 Å². The quantitative estimate of drug-likeness (QED) is 0.476. The summed E-state index contributed by atoms with van der Waals surface area (Å²) in [5.41, 5.74) is 3.56. The zero-order valence-corrected chi connectivity index (χ0v) is 15.9. The molecule has 1 N–H and O–H groups in total. The van der Waals surface area contributed by atoms with E-state index in [2.05, 4.69) is 15.3 Å². The number of hydrogen-bond donors (Lipinski definition) is 1. The number of nitrogens with one attached hydrogen (secondary N) is 1. The number of nitrogens with zero attached hydrogens (tertiary/aromatic N) is 3. The highest BCUT2D eigenvalue weighted by Crippen LogP contribution is 2.30. The molecule has 0 radical (unpaired) electrons. The van der Waals surface area contributed by atoms with E-state index in [1.807, 2.05) is 31.4 Å². The highest BCUT2D eigenvalue weighted by Gasteiger charge is 2.14. The topological polar surface area (TPSA) is 59.8 Å². The summed E-state index contributed by atoms with van der Waals surface area (Å²) >= 11 is 0. The number of aromatic nitrogens is 3. The second-order valence-corrected chi connectivity index (χ2v) is 5.72. The molecule has 1 aromatic carbocycles. The average Bonchev–Trinajstić information content (AvgIpc) is 2.94. The van der Waals surface area contributed by atoms with Gasteiger partial charge in [0.25, 0.3) is 0 Å². The lowest BCUT2D eigenvalue weighted by atomic mass is 10.0. The molecule has 7 heteroatoms. The Labute approximate surface area is 157 Å². The van der Waals surface area contributed by atoms with Gasteiger partial charge in [-0.15, -0.1) is 24.0 Å². The van der Waals surface area contributed by atoms with Gasteiger partial charge in [0.15, 0.2) is 5.82 Å². The molecular formula is C17H20FIN4O. The lowest BCUT2D eigenvalue weighted by Crippen LogP contribution is -2.00. The summed E-state index contributed by atoms with van der Waals surface area (Å²) in [5, 5.41) is 2.52. The van der Waals surface area contributed by atoms with Crippen LogP contribution in [0.5, 0.6) is 0 Å². The molecule has 0 aliphatic rings. The Morgan fingerprint density at radius 2 is 2.04 bits per heavy atom. The van der Waals surface area contributed by atoms with Gasteiger partial charge in [0.05, 0.1) is 11.8 Å². The van der Waals surface area contributed by atoms with Crippen molar-refractivity contribution in [3.63, 3.8) is 0 Å². The number of benzene rings is 1. The van der Waals surface area contributed by atoms with E-state index >= 15 is 0 Å². The molecule has 0 fully saturated rings. The number of amides is 1. The van der Waals surface area contributed by atoms with Crippen LogP contribution in [0.25, 0.3) is 22.2 Å². The maximum absolute atomic E-state index is 14.4. The molecule has 3 rings (SSSR count). The zero-order chi connectivity index (χ0) is 16.6. The van der Waals surface area contributed by atoms with Gasteiger partial charge < -0.3 is 9.88 Å². The largest absolute Gasteiger partial charge is 0.328 e. The average molecular weight is 442 g/mol. The summed E-state index contributed by atoms with van der Waals surface area (Å²) in [7, 11) is 0. The summed E-state index contributed by atoms with van der Waals surface area (Å²) in [6.45, 7) is 5.94. The Kier molecular flexibility index (Phi) is 5.53. The van der Waals surface area contributed by atoms with Crippen molar-refractivity contribution in [1.29, 1.82) is 0 Å². The van der Waals surface area contributed by atoms with Crippen LogP contribution in [0.15, 0.2) is 30.7 Å². The van der Waals surface area contributed by atoms with Crippen LogP contribution in [0.1, 0.15) is 26.9 Å². The fraction of sp³-hybridized carbons (Fsp3) is 0.235. The molecule has 5 nitrogen and oxygen atoms in total. The first-order valence-electron chi connectivity index (χ1n) is 7.34. The molecule has 0 saturated carbocycles. The molecule has 0 atom stereocenters. The summed E-state index contributed by atoms with van der Waals surface area (Å²) in [6, 6.07) is 5.30. The Morgan fingerprint density at radius 3 is 2.71 bits per heavy atom. The second-order valence-electron chi connectivity index (χ2n) is 5.72. The number of imidazole rings is 1. The predicted octanol–water partition coefficient (Wildman–Crippen LogP) is 4.56. The van der Waals surface area contributed by atoms with Crippen molar-refractivity contribution in [2.45, 2.75) is 26.8 Å². The van der Waals surface area contributed by atoms with Crippen LogP contribution in [-0.2, 0) is 4.79 Å². The lowest BCUT2D eigenvalue weighted by molar-refractivity contribution is -0.105. The van der Waals surface area contributed by atoms with Crippen molar-refractivity contribution >= 4 is 47.2 Å². The van der Waals surface area contributed by atoms with Crippen LogP contribution in [0.2, 0.25) is 0 Å². The van der Waals surface area contributed by atoms with Crippen LogP contribution in [-0.4, -0.2) is 20.9 Å². The standard InChI is InChI=1S/C17H17FN4O.HI.H2/c1-10(2)22-8-20-17-14(18)4-12(5-15(17)22)13-6-16(21-9-23)19-7-11(13)3;;/h4-10H,1-3H3,(H,19,21,23);2*1H. The van der Waals surface area contributed by atoms with Crippen molar-refractivity contribution in [3.05, 3.63) is 42.1 Å². The maximum Gasteiger partial charge on any atom is 0.212 e. The van der Waals surface area contributed by atoms with Crippen LogP contribution in [0.3, 0.4) is 0 Å². The Bertz CT molecular complexity index is 898. The second kappa shape index (κ2) is 7.25. The van der Waals surface area contributed by atoms with Gasteiger partial charge in [0.1, 0.15) is 11.3 Å².